The minimum atomic E-state index is -0.0242. The molecule has 5 rings (SSSR count). The summed E-state index contributed by atoms with van der Waals surface area (Å²) in [4.78, 5) is 20.6. The molecule has 7 heteroatoms. The van der Waals surface area contributed by atoms with E-state index < -0.39 is 0 Å². The molecule has 0 bridgehead atoms. The van der Waals surface area contributed by atoms with E-state index in [-0.39, 0.29) is 11.6 Å². The highest BCUT2D eigenvalue weighted by atomic mass is 32.1. The Morgan fingerprint density at radius 3 is 2.59 bits per heavy atom. The average Bonchev–Trinajstić information content (AvgIpc) is 3.19. The van der Waals surface area contributed by atoms with Gasteiger partial charge in [0.05, 0.1) is 26.0 Å². The molecule has 164 valence electrons. The molecule has 0 N–H and O–H groups in total. The number of rotatable bonds is 5. The number of hydrogen-bond donors (Lipinski definition) is 0. The molecule has 4 aromatic rings. The molecule has 0 fully saturated rings. The van der Waals surface area contributed by atoms with Crippen LogP contribution in [0.5, 0.6) is 11.5 Å². The minimum Gasteiger partial charge on any atom is -0.493 e. The van der Waals surface area contributed by atoms with E-state index >= 15 is 0 Å². The van der Waals surface area contributed by atoms with Gasteiger partial charge in [-0.2, -0.15) is 0 Å². The lowest BCUT2D eigenvalue weighted by molar-refractivity contribution is 0.201. The first-order valence-electron chi connectivity index (χ1n) is 10.6. The second-order valence-corrected chi connectivity index (χ2v) is 8.86. The molecule has 0 saturated heterocycles. The molecular formula is C25H25N3O3S. The first-order valence-corrected chi connectivity index (χ1v) is 11.5. The van der Waals surface area contributed by atoms with Gasteiger partial charge in [-0.1, -0.05) is 30.3 Å². The van der Waals surface area contributed by atoms with E-state index in [0.29, 0.717) is 6.54 Å². The van der Waals surface area contributed by atoms with Crippen LogP contribution in [0.25, 0.3) is 4.96 Å². The van der Waals surface area contributed by atoms with Crippen molar-refractivity contribution in [2.75, 3.05) is 20.8 Å². The first-order chi connectivity index (χ1) is 15.6. The number of ether oxygens (including phenoxy) is 2. The monoisotopic (exact) mass is 447 g/mol. The molecule has 0 spiro atoms. The van der Waals surface area contributed by atoms with E-state index in [1.54, 1.807) is 24.7 Å². The Kier molecular flexibility index (Phi) is 5.45. The lowest BCUT2D eigenvalue weighted by Crippen LogP contribution is -2.36. The van der Waals surface area contributed by atoms with Crippen LogP contribution >= 0.6 is 11.3 Å². The molecule has 6 nitrogen and oxygen atoms in total. The number of fused-ring (bicyclic) bond motifs is 2. The quantitative estimate of drug-likeness (QED) is 0.458. The summed E-state index contributed by atoms with van der Waals surface area (Å²) in [5.74, 6) is 1.47. The van der Waals surface area contributed by atoms with E-state index in [1.807, 2.05) is 18.4 Å². The standard InChI is InChI=1S/C25H25N3O3S/c1-16-15-32-25-26-19(12-23(29)28(16)25)14-27-10-9-18-11-21(30-2)22(31-3)13-20(18)24(27)17-7-5-4-6-8-17/h4-8,11-13,15,24H,9-10,14H2,1-3H3/t24-/m0/s1. The van der Waals surface area contributed by atoms with Crippen molar-refractivity contribution in [1.29, 1.82) is 0 Å². The number of hydrogen-bond acceptors (Lipinski definition) is 6. The van der Waals surface area contributed by atoms with Gasteiger partial charge in [0, 0.05) is 30.2 Å². The van der Waals surface area contributed by atoms with E-state index in [9.17, 15) is 4.79 Å². The Morgan fingerprint density at radius 2 is 1.84 bits per heavy atom. The molecule has 0 radical (unpaired) electrons. The van der Waals surface area contributed by atoms with Crippen molar-refractivity contribution in [1.82, 2.24) is 14.3 Å². The molecule has 3 heterocycles. The average molecular weight is 448 g/mol. The van der Waals surface area contributed by atoms with Gasteiger partial charge < -0.3 is 9.47 Å². The van der Waals surface area contributed by atoms with Crippen LogP contribution in [0, 0.1) is 6.92 Å². The van der Waals surface area contributed by atoms with Crippen molar-refractivity contribution in [3.05, 3.63) is 92.3 Å². The van der Waals surface area contributed by atoms with E-state index in [0.717, 1.165) is 40.8 Å². The predicted molar refractivity (Wildman–Crippen MR) is 126 cm³/mol. The fourth-order valence-corrected chi connectivity index (χ4v) is 5.47. The molecule has 2 aromatic heterocycles. The Bertz CT molecular complexity index is 1330. The molecule has 0 saturated carbocycles. The highest BCUT2D eigenvalue weighted by Gasteiger charge is 2.31. The Hall–Kier alpha value is -3.16. The van der Waals surface area contributed by atoms with Crippen molar-refractivity contribution in [3.8, 4) is 11.5 Å². The van der Waals surface area contributed by atoms with Crippen LogP contribution in [0.15, 0.2) is 58.7 Å². The van der Waals surface area contributed by atoms with Crippen LogP contribution in [0.2, 0.25) is 0 Å². The normalized spacial score (nSPS) is 16.2. The molecule has 1 aliphatic rings. The molecule has 0 aliphatic carbocycles. The summed E-state index contributed by atoms with van der Waals surface area (Å²) in [6.07, 6.45) is 0.887. The highest BCUT2D eigenvalue weighted by molar-refractivity contribution is 7.15. The fourth-order valence-electron chi connectivity index (χ4n) is 4.58. The minimum absolute atomic E-state index is 0.0242. The van der Waals surface area contributed by atoms with Gasteiger partial charge in [-0.05, 0) is 42.2 Å². The van der Waals surface area contributed by atoms with Crippen LogP contribution in [-0.2, 0) is 13.0 Å². The molecule has 2 aromatic carbocycles. The SMILES string of the molecule is COc1cc2c(cc1OC)[C@H](c1ccccc1)N(Cc1cc(=O)n3c(C)csc3n1)CC2. The first kappa shape index (κ1) is 20.7. The third-order valence-electron chi connectivity index (χ3n) is 6.08. The van der Waals surface area contributed by atoms with Crippen molar-refractivity contribution < 1.29 is 9.47 Å². The molecule has 0 unspecified atom stereocenters. The van der Waals surface area contributed by atoms with Crippen LogP contribution in [0.1, 0.15) is 34.1 Å². The molecule has 1 atom stereocenters. The molecule has 0 amide bonds. The van der Waals surface area contributed by atoms with Crippen molar-refractivity contribution in [2.45, 2.75) is 25.9 Å². The van der Waals surface area contributed by atoms with Gasteiger partial charge in [-0.25, -0.2) is 4.98 Å². The Balaban J connectivity index is 1.59. The molecule has 32 heavy (non-hydrogen) atoms. The third-order valence-corrected chi connectivity index (χ3v) is 7.03. The van der Waals surface area contributed by atoms with Gasteiger partial charge in [-0.15, -0.1) is 11.3 Å². The van der Waals surface area contributed by atoms with Crippen molar-refractivity contribution in [3.63, 3.8) is 0 Å². The second-order valence-electron chi connectivity index (χ2n) is 8.02. The second kappa shape index (κ2) is 8.41. The van der Waals surface area contributed by atoms with Crippen molar-refractivity contribution >= 4 is 16.3 Å². The largest absolute Gasteiger partial charge is 0.493 e. The highest BCUT2D eigenvalue weighted by Crippen LogP contribution is 2.41. The third kappa shape index (κ3) is 3.57. The maximum atomic E-state index is 12.7. The number of methoxy groups -OCH3 is 2. The summed E-state index contributed by atoms with van der Waals surface area (Å²) < 4.78 is 12.8. The summed E-state index contributed by atoms with van der Waals surface area (Å²) >= 11 is 1.50. The summed E-state index contributed by atoms with van der Waals surface area (Å²) in [7, 11) is 3.33. The van der Waals surface area contributed by atoms with E-state index in [4.69, 9.17) is 14.5 Å². The molecule has 1 aliphatic heterocycles. The van der Waals surface area contributed by atoms with Gasteiger partial charge in [0.25, 0.3) is 5.56 Å². The smallest absolute Gasteiger partial charge is 0.259 e. The van der Waals surface area contributed by atoms with E-state index in [1.165, 1.54) is 28.0 Å². The van der Waals surface area contributed by atoms with Crippen molar-refractivity contribution in [2.24, 2.45) is 0 Å². The lowest BCUT2D eigenvalue weighted by atomic mass is 9.87. The van der Waals surface area contributed by atoms with E-state index in [2.05, 4.69) is 41.3 Å². The fraction of sp³-hybridized carbons (Fsp3) is 0.280. The lowest BCUT2D eigenvalue weighted by Gasteiger charge is -2.38. The number of aryl methyl sites for hydroxylation is 1. The zero-order valence-electron chi connectivity index (χ0n) is 18.4. The maximum absolute atomic E-state index is 12.7. The van der Waals surface area contributed by atoms with Gasteiger partial charge in [0.2, 0.25) is 0 Å². The Labute approximate surface area is 190 Å². The predicted octanol–water partition coefficient (Wildman–Crippen LogP) is 4.23. The van der Waals surface area contributed by atoms with Gasteiger partial charge in [0.1, 0.15) is 0 Å². The number of thiazole rings is 1. The van der Waals surface area contributed by atoms with Crippen LogP contribution < -0.4 is 15.0 Å². The number of aromatic nitrogens is 2. The Morgan fingerprint density at radius 1 is 1.09 bits per heavy atom. The summed E-state index contributed by atoms with van der Waals surface area (Å²) in [5, 5.41) is 1.97. The molecular weight excluding hydrogens is 422 g/mol. The summed E-state index contributed by atoms with van der Waals surface area (Å²) in [6.45, 7) is 3.38. The summed E-state index contributed by atoms with van der Waals surface area (Å²) in [6, 6.07) is 16.3. The van der Waals surface area contributed by atoms with Crippen LogP contribution in [0.3, 0.4) is 0 Å². The van der Waals surface area contributed by atoms with Gasteiger partial charge in [0.15, 0.2) is 16.5 Å². The van der Waals surface area contributed by atoms with Gasteiger partial charge >= 0.3 is 0 Å². The van der Waals surface area contributed by atoms with Gasteiger partial charge in [-0.3, -0.25) is 14.1 Å². The van der Waals surface area contributed by atoms with Crippen LogP contribution in [0.4, 0.5) is 0 Å². The number of nitrogens with zero attached hydrogens (tertiary/aromatic N) is 3. The van der Waals surface area contributed by atoms with Crippen LogP contribution in [-0.4, -0.2) is 35.0 Å². The summed E-state index contributed by atoms with van der Waals surface area (Å²) in [5.41, 5.74) is 5.34. The zero-order valence-corrected chi connectivity index (χ0v) is 19.2. The topological polar surface area (TPSA) is 56.1 Å². The maximum Gasteiger partial charge on any atom is 0.259 e. The number of benzene rings is 2. The zero-order chi connectivity index (χ0) is 22.2.